The van der Waals surface area contributed by atoms with Crippen molar-refractivity contribution in [3.05, 3.63) is 52.1 Å². The van der Waals surface area contributed by atoms with E-state index in [0.29, 0.717) is 21.7 Å². The van der Waals surface area contributed by atoms with Gasteiger partial charge in [0.15, 0.2) is 11.5 Å². The van der Waals surface area contributed by atoms with Crippen LogP contribution in [0, 0.1) is 0 Å². The van der Waals surface area contributed by atoms with Gasteiger partial charge in [-0.2, -0.15) is 0 Å². The Kier molecular flexibility index (Phi) is 4.22. The fourth-order valence-corrected chi connectivity index (χ4v) is 4.82. The molecule has 9 heteroatoms. The predicted molar refractivity (Wildman–Crippen MR) is 98.6 cm³/mol. The third-order valence-corrected chi connectivity index (χ3v) is 6.56. The molecular weight excluding hydrogens is 376 g/mol. The number of sulfonamides is 1. The van der Waals surface area contributed by atoms with Crippen LogP contribution in [0.2, 0.25) is 0 Å². The number of nitrogens with one attached hydrogen (secondary N) is 1. The second kappa shape index (κ2) is 6.42. The van der Waals surface area contributed by atoms with E-state index in [0.717, 1.165) is 11.3 Å². The number of para-hydroxylation sites is 2. The van der Waals surface area contributed by atoms with Crippen LogP contribution in [0.4, 0.5) is 0 Å². The first-order valence-electron chi connectivity index (χ1n) is 7.92. The van der Waals surface area contributed by atoms with Crippen molar-refractivity contribution >= 4 is 31.6 Å². The minimum absolute atomic E-state index is 0.0831. The van der Waals surface area contributed by atoms with E-state index in [9.17, 15) is 13.2 Å². The van der Waals surface area contributed by atoms with Gasteiger partial charge in [0, 0.05) is 7.05 Å². The third-order valence-electron chi connectivity index (χ3n) is 4.14. The van der Waals surface area contributed by atoms with Crippen molar-refractivity contribution in [1.82, 2.24) is 9.29 Å². The highest BCUT2D eigenvalue weighted by Gasteiger charge is 2.23. The summed E-state index contributed by atoms with van der Waals surface area (Å²) in [7, 11) is -2.06. The van der Waals surface area contributed by atoms with Gasteiger partial charge >= 0.3 is 4.87 Å². The number of aryl methyl sites for hydroxylation is 1. The first kappa shape index (κ1) is 17.1. The third kappa shape index (κ3) is 3.09. The summed E-state index contributed by atoms with van der Waals surface area (Å²) in [5, 5.41) is 0. The van der Waals surface area contributed by atoms with Crippen molar-refractivity contribution in [3.8, 4) is 11.5 Å². The van der Waals surface area contributed by atoms with Crippen LogP contribution in [0.3, 0.4) is 0 Å². The van der Waals surface area contributed by atoms with E-state index in [1.807, 2.05) is 12.1 Å². The lowest BCUT2D eigenvalue weighted by Crippen LogP contribution is -2.40. The summed E-state index contributed by atoms with van der Waals surface area (Å²) < 4.78 is 41.2. The van der Waals surface area contributed by atoms with Gasteiger partial charge in [0.05, 0.1) is 21.7 Å². The summed E-state index contributed by atoms with van der Waals surface area (Å²) in [5.41, 5.74) is 0.708. The molecule has 0 aliphatic carbocycles. The molecule has 0 saturated heterocycles. The summed E-state index contributed by atoms with van der Waals surface area (Å²) in [4.78, 5) is 11.7. The van der Waals surface area contributed by atoms with E-state index in [4.69, 9.17) is 9.47 Å². The molecule has 0 saturated carbocycles. The molecule has 2 heterocycles. The fraction of sp³-hybridized carbons (Fsp3) is 0.235. The highest BCUT2D eigenvalue weighted by atomic mass is 32.2. The Bertz CT molecular complexity index is 1130. The number of rotatable bonds is 4. The quantitative estimate of drug-likeness (QED) is 0.731. The lowest BCUT2D eigenvalue weighted by atomic mass is 10.2. The van der Waals surface area contributed by atoms with Crippen molar-refractivity contribution < 1.29 is 17.9 Å². The van der Waals surface area contributed by atoms with Gasteiger partial charge in [0.25, 0.3) is 0 Å². The molecule has 26 heavy (non-hydrogen) atoms. The monoisotopic (exact) mass is 392 g/mol. The Morgan fingerprint density at radius 3 is 2.81 bits per heavy atom. The molecule has 0 bridgehead atoms. The molecule has 0 amide bonds. The average Bonchev–Trinajstić information content (AvgIpc) is 2.93. The molecule has 0 radical (unpaired) electrons. The summed E-state index contributed by atoms with van der Waals surface area (Å²) in [6.45, 7) is 0.346. The second-order valence-corrected chi connectivity index (χ2v) is 8.67. The number of hydrogen-bond donors (Lipinski definition) is 1. The minimum Gasteiger partial charge on any atom is -0.486 e. The topological polar surface area (TPSA) is 86.6 Å². The van der Waals surface area contributed by atoms with Crippen LogP contribution in [0.5, 0.6) is 11.5 Å². The van der Waals surface area contributed by atoms with E-state index in [-0.39, 0.29) is 22.9 Å². The van der Waals surface area contributed by atoms with Crippen LogP contribution in [-0.2, 0) is 17.1 Å². The average molecular weight is 392 g/mol. The lowest BCUT2D eigenvalue weighted by Gasteiger charge is -2.26. The van der Waals surface area contributed by atoms with Crippen molar-refractivity contribution in [1.29, 1.82) is 0 Å². The van der Waals surface area contributed by atoms with Gasteiger partial charge in [-0.3, -0.25) is 4.79 Å². The van der Waals surface area contributed by atoms with Crippen LogP contribution in [0.25, 0.3) is 10.2 Å². The number of ether oxygens (including phenoxy) is 2. The zero-order valence-corrected chi connectivity index (χ0v) is 15.5. The van der Waals surface area contributed by atoms with Crippen LogP contribution in [-0.4, -0.2) is 32.2 Å². The fourth-order valence-electron chi connectivity index (χ4n) is 2.73. The Labute approximate surface area is 153 Å². The minimum atomic E-state index is -3.72. The molecule has 7 nitrogen and oxygen atoms in total. The van der Waals surface area contributed by atoms with Crippen LogP contribution < -0.4 is 19.1 Å². The maximum absolute atomic E-state index is 12.6. The van der Waals surface area contributed by atoms with Crippen molar-refractivity contribution in [2.45, 2.75) is 11.0 Å². The molecule has 1 N–H and O–H groups in total. The van der Waals surface area contributed by atoms with Crippen molar-refractivity contribution in [2.24, 2.45) is 7.05 Å². The van der Waals surface area contributed by atoms with Crippen molar-refractivity contribution in [2.75, 3.05) is 13.2 Å². The van der Waals surface area contributed by atoms with Gasteiger partial charge in [0.1, 0.15) is 12.7 Å². The zero-order chi connectivity index (χ0) is 18.3. The zero-order valence-electron chi connectivity index (χ0n) is 13.8. The van der Waals surface area contributed by atoms with E-state index in [1.165, 1.54) is 16.7 Å². The second-order valence-electron chi connectivity index (χ2n) is 5.91. The normalized spacial score (nSPS) is 16.7. The largest absolute Gasteiger partial charge is 0.486 e. The summed E-state index contributed by atoms with van der Waals surface area (Å²) in [6.07, 6.45) is -0.420. The van der Waals surface area contributed by atoms with Gasteiger partial charge in [-0.15, -0.1) is 0 Å². The Balaban J connectivity index is 1.50. The van der Waals surface area contributed by atoms with E-state index in [2.05, 4.69) is 4.72 Å². The maximum atomic E-state index is 12.6. The number of nitrogens with zero attached hydrogens (tertiary/aromatic N) is 1. The predicted octanol–water partition coefficient (Wildman–Crippen LogP) is 1.72. The van der Waals surface area contributed by atoms with Crippen LogP contribution in [0.1, 0.15) is 0 Å². The Morgan fingerprint density at radius 1 is 1.23 bits per heavy atom. The SMILES string of the molecule is Cn1c(=O)sc2cc(S(=O)(=O)NC[C@H]3COc4ccccc4O3)ccc21. The van der Waals surface area contributed by atoms with E-state index >= 15 is 0 Å². The molecule has 0 spiro atoms. The smallest absolute Gasteiger partial charge is 0.307 e. The van der Waals surface area contributed by atoms with E-state index in [1.54, 1.807) is 25.2 Å². The highest BCUT2D eigenvalue weighted by Crippen LogP contribution is 2.30. The van der Waals surface area contributed by atoms with Gasteiger partial charge in [-0.1, -0.05) is 23.5 Å². The highest BCUT2D eigenvalue weighted by molar-refractivity contribution is 7.89. The summed E-state index contributed by atoms with van der Waals surface area (Å²) in [6, 6.07) is 11.9. The van der Waals surface area contributed by atoms with E-state index < -0.39 is 16.1 Å². The molecule has 4 rings (SSSR count). The standard InChI is InChI=1S/C17H16N2O5S2/c1-19-13-7-6-12(8-16(13)25-17(19)20)26(21,22)18-9-11-10-23-14-4-2-3-5-15(14)24-11/h2-8,11,18H,9-10H2,1H3/t11-/m0/s1. The lowest BCUT2D eigenvalue weighted by molar-refractivity contribution is 0.0943. The number of aromatic nitrogens is 1. The van der Waals surface area contributed by atoms with Crippen LogP contribution >= 0.6 is 11.3 Å². The first-order chi connectivity index (χ1) is 12.4. The van der Waals surface area contributed by atoms with Gasteiger partial charge in [0.2, 0.25) is 10.0 Å². The molecule has 1 aromatic heterocycles. The number of thiazole rings is 1. The molecule has 136 valence electrons. The molecule has 2 aromatic carbocycles. The Hall–Kier alpha value is -2.36. The van der Waals surface area contributed by atoms with Gasteiger partial charge in [-0.25, -0.2) is 13.1 Å². The number of benzene rings is 2. The van der Waals surface area contributed by atoms with Crippen LogP contribution in [0.15, 0.2) is 52.2 Å². The molecule has 1 atom stereocenters. The molecule has 1 aliphatic heterocycles. The number of hydrogen-bond acceptors (Lipinski definition) is 6. The van der Waals surface area contributed by atoms with Gasteiger partial charge < -0.3 is 14.0 Å². The molecular formula is C17H16N2O5S2. The molecule has 1 aliphatic rings. The van der Waals surface area contributed by atoms with Gasteiger partial charge in [-0.05, 0) is 30.3 Å². The maximum Gasteiger partial charge on any atom is 0.307 e. The summed E-state index contributed by atoms with van der Waals surface area (Å²) >= 11 is 1.02. The number of fused-ring (bicyclic) bond motifs is 2. The Morgan fingerprint density at radius 2 is 2.00 bits per heavy atom. The van der Waals surface area contributed by atoms with Crippen molar-refractivity contribution in [3.63, 3.8) is 0 Å². The molecule has 3 aromatic rings. The first-order valence-corrected chi connectivity index (χ1v) is 10.2. The molecule has 0 unspecified atom stereocenters. The summed E-state index contributed by atoms with van der Waals surface area (Å²) in [5.74, 6) is 1.24. The molecule has 0 fully saturated rings.